The number of hydrazine groups is 1. The van der Waals surface area contributed by atoms with Crippen molar-refractivity contribution in [2.24, 2.45) is 17.8 Å². The molecule has 2 saturated heterocycles. The van der Waals surface area contributed by atoms with Crippen molar-refractivity contribution < 1.29 is 9.53 Å². The SMILES string of the molecule is CCN1CCN(c2ccc(/C=C/C3NNC4CC(C5C[C@@]56C(=O)Nc5ccc(OC)cc56)CCC34)cc2)CC1. The Morgan fingerprint density at radius 3 is 2.64 bits per heavy atom. The summed E-state index contributed by atoms with van der Waals surface area (Å²) in [4.78, 5) is 18.1. The molecule has 39 heavy (non-hydrogen) atoms. The van der Waals surface area contributed by atoms with E-state index in [-0.39, 0.29) is 11.3 Å². The Morgan fingerprint density at radius 2 is 1.87 bits per heavy atom. The molecule has 7 heteroatoms. The number of rotatable bonds is 6. The third-order valence-corrected chi connectivity index (χ3v) is 10.4. The van der Waals surface area contributed by atoms with E-state index in [2.05, 4.69) is 75.4 Å². The van der Waals surface area contributed by atoms with Crippen molar-refractivity contribution in [1.82, 2.24) is 15.8 Å². The first-order chi connectivity index (χ1) is 19.1. The van der Waals surface area contributed by atoms with E-state index in [0.717, 1.165) is 62.6 Å². The maximum Gasteiger partial charge on any atom is 0.235 e. The van der Waals surface area contributed by atoms with Crippen molar-refractivity contribution >= 4 is 23.4 Å². The van der Waals surface area contributed by atoms with Crippen LogP contribution in [0.25, 0.3) is 6.08 Å². The number of methoxy groups -OCH3 is 1. The molecule has 0 bridgehead atoms. The fourth-order valence-corrected chi connectivity index (χ4v) is 7.93. The van der Waals surface area contributed by atoms with Gasteiger partial charge in [-0.1, -0.05) is 31.2 Å². The summed E-state index contributed by atoms with van der Waals surface area (Å²) in [5, 5.41) is 3.15. The van der Waals surface area contributed by atoms with Crippen molar-refractivity contribution in [3.05, 3.63) is 59.7 Å². The number of ether oxygens (including phenoxy) is 1. The minimum absolute atomic E-state index is 0.186. The van der Waals surface area contributed by atoms with E-state index in [0.29, 0.717) is 29.8 Å². The van der Waals surface area contributed by atoms with Gasteiger partial charge < -0.3 is 19.9 Å². The molecule has 206 valence electrons. The van der Waals surface area contributed by atoms with E-state index >= 15 is 0 Å². The van der Waals surface area contributed by atoms with Gasteiger partial charge in [-0.15, -0.1) is 0 Å². The molecule has 3 heterocycles. The smallest absolute Gasteiger partial charge is 0.235 e. The molecular formula is C32H41N5O2. The highest BCUT2D eigenvalue weighted by Crippen LogP contribution is 2.65. The summed E-state index contributed by atoms with van der Waals surface area (Å²) in [5.74, 6) is 2.60. The highest BCUT2D eigenvalue weighted by molar-refractivity contribution is 6.09. The maximum absolute atomic E-state index is 13.1. The Kier molecular flexibility index (Phi) is 6.41. The summed E-state index contributed by atoms with van der Waals surface area (Å²) in [7, 11) is 1.69. The first-order valence-electron chi connectivity index (χ1n) is 14.9. The lowest BCUT2D eigenvalue weighted by Crippen LogP contribution is -2.46. The van der Waals surface area contributed by atoms with Crippen molar-refractivity contribution in [3.8, 4) is 5.75 Å². The van der Waals surface area contributed by atoms with Gasteiger partial charge in [-0.25, -0.2) is 0 Å². The molecule has 1 spiro atoms. The van der Waals surface area contributed by atoms with Gasteiger partial charge in [-0.05, 0) is 91.4 Å². The van der Waals surface area contributed by atoms with Gasteiger partial charge in [0.25, 0.3) is 0 Å². The molecule has 0 aromatic heterocycles. The lowest BCUT2D eigenvalue weighted by Gasteiger charge is -2.35. The van der Waals surface area contributed by atoms with Crippen LogP contribution in [0, 0.1) is 17.8 Å². The highest BCUT2D eigenvalue weighted by Gasteiger charge is 2.67. The average molecular weight is 528 g/mol. The van der Waals surface area contributed by atoms with Gasteiger partial charge in [0.2, 0.25) is 5.91 Å². The summed E-state index contributed by atoms with van der Waals surface area (Å²) in [6.07, 6.45) is 9.08. The van der Waals surface area contributed by atoms with Crippen molar-refractivity contribution in [3.63, 3.8) is 0 Å². The van der Waals surface area contributed by atoms with E-state index in [1.165, 1.54) is 24.1 Å². The van der Waals surface area contributed by atoms with Crippen LogP contribution >= 0.6 is 0 Å². The molecule has 2 aromatic carbocycles. The first-order valence-corrected chi connectivity index (χ1v) is 14.9. The van der Waals surface area contributed by atoms with Gasteiger partial charge in [-0.3, -0.25) is 15.6 Å². The van der Waals surface area contributed by atoms with Crippen molar-refractivity contribution in [1.29, 1.82) is 0 Å². The molecule has 7 rings (SSSR count). The summed E-state index contributed by atoms with van der Waals surface area (Å²) in [6, 6.07) is 15.8. The molecule has 5 unspecified atom stereocenters. The second kappa shape index (κ2) is 9.95. The number of likely N-dealkylation sites (N-methyl/N-ethyl adjacent to an activating group) is 1. The Hall–Kier alpha value is -2.87. The van der Waals surface area contributed by atoms with Crippen LogP contribution in [-0.2, 0) is 10.2 Å². The molecule has 3 aliphatic heterocycles. The minimum Gasteiger partial charge on any atom is -0.497 e. The van der Waals surface area contributed by atoms with Crippen LogP contribution in [0.5, 0.6) is 5.75 Å². The van der Waals surface area contributed by atoms with E-state index in [1.807, 2.05) is 12.1 Å². The monoisotopic (exact) mass is 527 g/mol. The number of carbonyl (C=O) groups is 1. The Morgan fingerprint density at radius 1 is 1.05 bits per heavy atom. The number of piperazine rings is 1. The topological polar surface area (TPSA) is 68.9 Å². The summed E-state index contributed by atoms with van der Waals surface area (Å²) >= 11 is 0. The number of benzene rings is 2. The lowest BCUT2D eigenvalue weighted by atomic mass is 9.73. The Labute approximate surface area is 231 Å². The number of hydrogen-bond acceptors (Lipinski definition) is 6. The molecule has 3 N–H and O–H groups in total. The largest absolute Gasteiger partial charge is 0.497 e. The van der Waals surface area contributed by atoms with Crippen molar-refractivity contribution in [2.45, 2.75) is 50.1 Å². The standard InChI is InChI=1S/C32H41N5O2/c1-3-36-14-16-37(17-15-36)23-8-4-21(5-9-23)6-12-28-25-11-7-22(18-30(25)35-34-28)27-20-32(27)26-19-24(39-2)10-13-29(26)33-31(32)38/h4-6,8-10,12-13,19,22,25,27-28,30,34-35H,3,7,11,14-18,20H2,1-2H3,(H,33,38)/b12-6+/t22?,25?,27?,28?,30?,32-/m0/s1. The fourth-order valence-electron chi connectivity index (χ4n) is 7.93. The van der Waals surface area contributed by atoms with Gasteiger partial charge in [-0.2, -0.15) is 0 Å². The minimum atomic E-state index is -0.345. The average Bonchev–Trinajstić information content (AvgIpc) is 3.53. The van der Waals surface area contributed by atoms with E-state index < -0.39 is 0 Å². The third-order valence-electron chi connectivity index (χ3n) is 10.4. The van der Waals surface area contributed by atoms with Crippen LogP contribution in [0.1, 0.15) is 43.7 Å². The number of carbonyl (C=O) groups excluding carboxylic acids is 1. The van der Waals surface area contributed by atoms with Gasteiger partial charge in [0, 0.05) is 49.6 Å². The zero-order valence-electron chi connectivity index (χ0n) is 23.2. The molecule has 7 nitrogen and oxygen atoms in total. The molecule has 1 amide bonds. The zero-order chi connectivity index (χ0) is 26.6. The van der Waals surface area contributed by atoms with E-state index in [9.17, 15) is 4.79 Å². The van der Waals surface area contributed by atoms with Crippen molar-refractivity contribution in [2.75, 3.05) is 50.1 Å². The third kappa shape index (κ3) is 4.35. The zero-order valence-corrected chi connectivity index (χ0v) is 23.2. The summed E-state index contributed by atoms with van der Waals surface area (Å²) in [6.45, 7) is 7.91. The molecule has 5 aliphatic rings. The summed E-state index contributed by atoms with van der Waals surface area (Å²) in [5.41, 5.74) is 11.5. The second-order valence-electron chi connectivity index (χ2n) is 12.2. The number of hydrogen-bond donors (Lipinski definition) is 3. The van der Waals surface area contributed by atoms with Crippen LogP contribution in [0.15, 0.2) is 48.5 Å². The maximum atomic E-state index is 13.1. The van der Waals surface area contributed by atoms with E-state index in [1.54, 1.807) is 7.11 Å². The predicted octanol–water partition coefficient (Wildman–Crippen LogP) is 4.02. The van der Waals surface area contributed by atoms with Crippen LogP contribution in [0.3, 0.4) is 0 Å². The summed E-state index contributed by atoms with van der Waals surface area (Å²) < 4.78 is 5.47. The van der Waals surface area contributed by atoms with Gasteiger partial charge in [0.1, 0.15) is 5.75 Å². The molecular weight excluding hydrogens is 486 g/mol. The van der Waals surface area contributed by atoms with Gasteiger partial charge in [0.05, 0.1) is 12.5 Å². The fraction of sp³-hybridized carbons (Fsp3) is 0.531. The second-order valence-corrected chi connectivity index (χ2v) is 12.2. The number of nitrogens with zero attached hydrogens (tertiary/aromatic N) is 2. The van der Waals surface area contributed by atoms with Gasteiger partial charge >= 0.3 is 0 Å². The van der Waals surface area contributed by atoms with Crippen LogP contribution in [0.4, 0.5) is 11.4 Å². The molecule has 2 aliphatic carbocycles. The number of fused-ring (bicyclic) bond motifs is 3. The van der Waals surface area contributed by atoms with Gasteiger partial charge in [0.15, 0.2) is 0 Å². The molecule has 0 radical (unpaired) electrons. The van der Waals surface area contributed by atoms with E-state index in [4.69, 9.17) is 4.74 Å². The van der Waals surface area contributed by atoms with Crippen LogP contribution in [-0.4, -0.2) is 62.7 Å². The quantitative estimate of drug-likeness (QED) is 0.527. The lowest BCUT2D eigenvalue weighted by molar-refractivity contribution is -0.118. The normalized spacial score (nSPS) is 33.8. The number of anilines is 2. The Balaban J connectivity index is 0.964. The number of nitrogens with one attached hydrogen (secondary N) is 3. The van der Waals surface area contributed by atoms with Crippen LogP contribution in [0.2, 0.25) is 0 Å². The first kappa shape index (κ1) is 25.1. The molecule has 2 saturated carbocycles. The Bertz CT molecular complexity index is 1250. The van der Waals surface area contributed by atoms with Crippen LogP contribution < -0.4 is 25.8 Å². The molecule has 2 aromatic rings. The molecule has 6 atom stereocenters. The predicted molar refractivity (Wildman–Crippen MR) is 156 cm³/mol. The number of amides is 1. The molecule has 4 fully saturated rings. The highest BCUT2D eigenvalue weighted by atomic mass is 16.5.